The van der Waals surface area contributed by atoms with Crippen LogP contribution < -0.4 is 11.5 Å². The predicted octanol–water partition coefficient (Wildman–Crippen LogP) is 17.5. The highest BCUT2D eigenvalue weighted by atomic mass is 14.7. The van der Waals surface area contributed by atoms with Crippen molar-refractivity contribution in [1.29, 1.82) is 0 Å². The monoisotopic (exact) mass is 866 g/mol. The van der Waals surface area contributed by atoms with E-state index in [9.17, 15) is 0 Å². The Balaban J connectivity index is 0.847. The zero-order valence-corrected chi connectivity index (χ0v) is 37.5. The second kappa shape index (κ2) is 16.0. The molecule has 0 spiro atoms. The topological polar surface area (TPSA) is 52.0 Å². The number of hydrogen-bond acceptors (Lipinski definition) is 2. The second-order valence-corrected chi connectivity index (χ2v) is 18.4. The van der Waals surface area contributed by atoms with Crippen molar-refractivity contribution in [3.63, 3.8) is 0 Å². The number of anilines is 2. The van der Waals surface area contributed by atoms with E-state index < -0.39 is 0 Å². The lowest BCUT2D eigenvalue weighted by molar-refractivity contribution is 0.822. The smallest absolute Gasteiger partial charge is 0.0634 e. The predicted molar refractivity (Wildman–Crippen MR) is 292 cm³/mol. The van der Waals surface area contributed by atoms with Gasteiger partial charge in [-0.15, -0.1) is 0 Å². The van der Waals surface area contributed by atoms with Gasteiger partial charge in [-0.05, 0) is 152 Å². The molecule has 0 amide bonds. The normalized spacial score (nSPS) is 13.4. The van der Waals surface area contributed by atoms with Crippen molar-refractivity contribution in [3.8, 4) is 55.6 Å². The second-order valence-electron chi connectivity index (χ2n) is 18.4. The summed E-state index contributed by atoms with van der Waals surface area (Å²) in [5, 5.41) is 11.8. The first-order valence-corrected chi connectivity index (χ1v) is 23.6. The maximum Gasteiger partial charge on any atom is 0.0634 e. The van der Waals surface area contributed by atoms with Crippen molar-refractivity contribution in [1.82, 2.24) is 0 Å². The standard InChI is InChI=1S/C66H46N2/c67-65-61-33-29-49(45-15-5-13-43(35-45)47-17-7-19-51(37-47)55-23-9-25-57-53-21-3-1-11-41(53)27-31-59(55)57)39-63(61)64-40-50(30-34-62(64)66(65)68)46-16-6-14-44(36-46)48-18-8-20-52(38-48)56-24-10-26-58-54-22-4-2-12-42(54)28-32-60(56)58/h1-23,25-40,56H,24,67-68H2. The Labute approximate surface area is 396 Å². The van der Waals surface area contributed by atoms with Gasteiger partial charge in [0.15, 0.2) is 0 Å². The first kappa shape index (κ1) is 39.6. The van der Waals surface area contributed by atoms with Gasteiger partial charge in [-0.3, -0.25) is 0 Å². The molecular weight excluding hydrogens is 821 g/mol. The molecule has 0 aromatic heterocycles. The van der Waals surface area contributed by atoms with E-state index >= 15 is 0 Å². The molecule has 1 aliphatic rings. The summed E-state index contributed by atoms with van der Waals surface area (Å²) in [5.41, 5.74) is 30.7. The summed E-state index contributed by atoms with van der Waals surface area (Å²) >= 11 is 0. The van der Waals surface area contributed by atoms with Crippen LogP contribution in [0, 0.1) is 0 Å². The summed E-state index contributed by atoms with van der Waals surface area (Å²) in [4.78, 5) is 0. The quantitative estimate of drug-likeness (QED) is 0.0994. The molecule has 2 heteroatoms. The largest absolute Gasteiger partial charge is 0.397 e. The first-order valence-electron chi connectivity index (χ1n) is 23.6. The highest BCUT2D eigenvalue weighted by Crippen LogP contribution is 2.43. The molecule has 68 heavy (non-hydrogen) atoms. The number of benzene rings is 12. The number of rotatable bonds is 6. The highest BCUT2D eigenvalue weighted by molar-refractivity contribution is 6.20. The fourth-order valence-electron chi connectivity index (χ4n) is 11.1. The zero-order chi connectivity index (χ0) is 45.3. The number of nitrogens with two attached hydrogens (primary N) is 2. The van der Waals surface area contributed by atoms with Crippen LogP contribution in [0.5, 0.6) is 0 Å². The SMILES string of the molecule is Nc1c(N)c2ccc(-c3cccc(-c4cccc(C5CC=Cc6c5ccc5ccccc65)c4)c3)cc2c2cc(-c3cccc(-c4cccc(-c5cccc6c5ccc5ccccc56)c4)c3)ccc12. The van der Waals surface area contributed by atoms with Crippen LogP contribution >= 0.6 is 0 Å². The van der Waals surface area contributed by atoms with Crippen LogP contribution in [0.15, 0.2) is 231 Å². The molecule has 13 rings (SSSR count). The van der Waals surface area contributed by atoms with Crippen LogP contribution in [0.2, 0.25) is 0 Å². The molecule has 1 aliphatic carbocycles. The molecule has 1 unspecified atom stereocenters. The summed E-state index contributed by atoms with van der Waals surface area (Å²) in [6.07, 6.45) is 5.63. The van der Waals surface area contributed by atoms with Crippen LogP contribution in [0.25, 0.3) is 116 Å². The van der Waals surface area contributed by atoms with E-state index in [4.69, 9.17) is 11.5 Å². The van der Waals surface area contributed by atoms with E-state index in [0.29, 0.717) is 17.3 Å². The molecule has 12 aromatic rings. The van der Waals surface area contributed by atoms with E-state index in [1.165, 1.54) is 82.4 Å². The van der Waals surface area contributed by atoms with Gasteiger partial charge in [0.05, 0.1) is 11.4 Å². The van der Waals surface area contributed by atoms with Crippen LogP contribution in [0.1, 0.15) is 29.0 Å². The van der Waals surface area contributed by atoms with Gasteiger partial charge in [-0.1, -0.05) is 206 Å². The zero-order valence-electron chi connectivity index (χ0n) is 37.5. The van der Waals surface area contributed by atoms with Crippen LogP contribution in [-0.4, -0.2) is 0 Å². The fraction of sp³-hybridized carbons (Fsp3) is 0.0303. The van der Waals surface area contributed by atoms with Crippen molar-refractivity contribution >= 4 is 71.3 Å². The first-order chi connectivity index (χ1) is 33.5. The van der Waals surface area contributed by atoms with Crippen molar-refractivity contribution in [2.24, 2.45) is 0 Å². The van der Waals surface area contributed by atoms with Gasteiger partial charge in [0.1, 0.15) is 0 Å². The Hall–Kier alpha value is -8.72. The average Bonchev–Trinajstić information content (AvgIpc) is 3.41. The number of hydrogen-bond donors (Lipinski definition) is 2. The minimum atomic E-state index is 0.301. The molecule has 0 bridgehead atoms. The van der Waals surface area contributed by atoms with E-state index in [0.717, 1.165) is 50.2 Å². The third kappa shape index (κ3) is 6.64. The van der Waals surface area contributed by atoms with E-state index in [2.05, 4.69) is 237 Å². The van der Waals surface area contributed by atoms with Crippen molar-refractivity contribution < 1.29 is 0 Å². The lowest BCUT2D eigenvalue weighted by atomic mass is 9.80. The third-order valence-corrected chi connectivity index (χ3v) is 14.5. The fourth-order valence-corrected chi connectivity index (χ4v) is 11.1. The van der Waals surface area contributed by atoms with Gasteiger partial charge in [-0.2, -0.15) is 0 Å². The number of nitrogen functional groups attached to an aromatic ring is 2. The minimum absolute atomic E-state index is 0.301. The summed E-state index contributed by atoms with van der Waals surface area (Å²) in [5.74, 6) is 0.301. The molecule has 0 saturated heterocycles. The Kier molecular flexibility index (Phi) is 9.33. The molecular formula is C66H46N2. The van der Waals surface area contributed by atoms with Gasteiger partial charge < -0.3 is 11.5 Å². The summed E-state index contributed by atoms with van der Waals surface area (Å²) < 4.78 is 0. The van der Waals surface area contributed by atoms with Crippen LogP contribution in [0.3, 0.4) is 0 Å². The molecule has 320 valence electrons. The Bertz CT molecular complexity index is 4040. The maximum atomic E-state index is 6.82. The van der Waals surface area contributed by atoms with Gasteiger partial charge in [-0.25, -0.2) is 0 Å². The Morgan fingerprint density at radius 2 is 0.779 bits per heavy atom. The van der Waals surface area contributed by atoms with Crippen molar-refractivity contribution in [3.05, 3.63) is 247 Å². The molecule has 0 radical (unpaired) electrons. The maximum absolute atomic E-state index is 6.82. The van der Waals surface area contributed by atoms with Crippen LogP contribution in [-0.2, 0) is 0 Å². The molecule has 2 nitrogen and oxygen atoms in total. The number of fused-ring (bicyclic) bond motifs is 9. The van der Waals surface area contributed by atoms with Gasteiger partial charge in [0.2, 0.25) is 0 Å². The molecule has 0 heterocycles. The lowest BCUT2D eigenvalue weighted by Crippen LogP contribution is -2.06. The van der Waals surface area contributed by atoms with E-state index in [1.54, 1.807) is 0 Å². The summed E-state index contributed by atoms with van der Waals surface area (Å²) in [6, 6.07) is 82.1. The molecule has 0 saturated carbocycles. The minimum Gasteiger partial charge on any atom is -0.397 e. The third-order valence-electron chi connectivity index (χ3n) is 14.5. The average molecular weight is 867 g/mol. The van der Waals surface area contributed by atoms with E-state index in [-0.39, 0.29) is 0 Å². The lowest BCUT2D eigenvalue weighted by Gasteiger charge is -2.24. The van der Waals surface area contributed by atoms with Crippen LogP contribution in [0.4, 0.5) is 11.4 Å². The molecule has 1 atom stereocenters. The Morgan fingerprint density at radius 3 is 1.43 bits per heavy atom. The number of allylic oxidation sites excluding steroid dienone is 1. The Morgan fingerprint density at radius 1 is 0.309 bits per heavy atom. The molecule has 12 aromatic carbocycles. The van der Waals surface area contributed by atoms with Gasteiger partial charge in [0.25, 0.3) is 0 Å². The van der Waals surface area contributed by atoms with Crippen molar-refractivity contribution in [2.75, 3.05) is 11.5 Å². The van der Waals surface area contributed by atoms with E-state index in [1.807, 2.05) is 0 Å². The highest BCUT2D eigenvalue weighted by Gasteiger charge is 2.21. The molecule has 0 aliphatic heterocycles. The summed E-state index contributed by atoms with van der Waals surface area (Å²) in [7, 11) is 0. The van der Waals surface area contributed by atoms with Crippen molar-refractivity contribution in [2.45, 2.75) is 12.3 Å². The van der Waals surface area contributed by atoms with Gasteiger partial charge >= 0.3 is 0 Å². The molecule has 0 fully saturated rings. The molecule has 4 N–H and O–H groups in total. The summed E-state index contributed by atoms with van der Waals surface area (Å²) in [6.45, 7) is 0. The van der Waals surface area contributed by atoms with Gasteiger partial charge in [0, 0.05) is 16.7 Å².